The number of benzene rings is 1. The minimum atomic E-state index is 0.112. The van der Waals surface area contributed by atoms with E-state index in [2.05, 4.69) is 9.88 Å². The van der Waals surface area contributed by atoms with Crippen LogP contribution in [-0.2, 0) is 4.74 Å². The number of nitrogens with zero attached hydrogens (tertiary/aromatic N) is 2. The number of thiazole rings is 1. The first kappa shape index (κ1) is 13.5. The van der Waals surface area contributed by atoms with Crippen LogP contribution in [0.4, 0.5) is 0 Å². The molecule has 2 heterocycles. The zero-order valence-corrected chi connectivity index (χ0v) is 12.1. The summed E-state index contributed by atoms with van der Waals surface area (Å²) in [5, 5.41) is 3.06. The minimum Gasteiger partial charge on any atom is -0.492 e. The van der Waals surface area contributed by atoms with Gasteiger partial charge in [0, 0.05) is 31.2 Å². The molecule has 0 aliphatic carbocycles. The Morgan fingerprint density at radius 3 is 3.05 bits per heavy atom. The van der Waals surface area contributed by atoms with E-state index in [0.717, 1.165) is 37.0 Å². The van der Waals surface area contributed by atoms with Gasteiger partial charge in [0.1, 0.15) is 23.5 Å². The highest BCUT2D eigenvalue weighted by molar-refractivity contribution is 7.09. The van der Waals surface area contributed by atoms with Crippen molar-refractivity contribution in [3.05, 3.63) is 46.9 Å². The summed E-state index contributed by atoms with van der Waals surface area (Å²) in [7, 11) is 0. The third-order valence-corrected chi connectivity index (χ3v) is 4.16. The first-order chi connectivity index (χ1) is 9.92. The first-order valence-corrected chi connectivity index (χ1v) is 7.71. The van der Waals surface area contributed by atoms with Crippen LogP contribution in [0.5, 0.6) is 5.75 Å². The fourth-order valence-corrected chi connectivity index (χ4v) is 2.94. The topological polar surface area (TPSA) is 34.6 Å². The Kier molecular flexibility index (Phi) is 4.63. The summed E-state index contributed by atoms with van der Waals surface area (Å²) in [6, 6.07) is 9.94. The lowest BCUT2D eigenvalue weighted by molar-refractivity contribution is -0.0329. The molecule has 5 heteroatoms. The number of rotatable bonds is 5. The van der Waals surface area contributed by atoms with Crippen LogP contribution in [0.15, 0.2) is 41.9 Å². The van der Waals surface area contributed by atoms with Crippen LogP contribution in [-0.4, -0.2) is 42.7 Å². The van der Waals surface area contributed by atoms with Crippen LogP contribution in [0.25, 0.3) is 0 Å². The second kappa shape index (κ2) is 6.83. The monoisotopic (exact) mass is 290 g/mol. The molecule has 0 saturated carbocycles. The van der Waals surface area contributed by atoms with Crippen molar-refractivity contribution in [3.8, 4) is 5.75 Å². The molecule has 106 valence electrons. The first-order valence-electron chi connectivity index (χ1n) is 6.83. The summed E-state index contributed by atoms with van der Waals surface area (Å²) >= 11 is 1.66. The third-order valence-electron chi connectivity index (χ3n) is 3.30. The summed E-state index contributed by atoms with van der Waals surface area (Å²) in [5.74, 6) is 0.928. The van der Waals surface area contributed by atoms with Crippen molar-refractivity contribution in [2.75, 3.05) is 32.8 Å². The van der Waals surface area contributed by atoms with E-state index < -0.39 is 0 Å². The minimum absolute atomic E-state index is 0.112. The molecule has 20 heavy (non-hydrogen) atoms. The van der Waals surface area contributed by atoms with E-state index in [1.54, 1.807) is 11.3 Å². The van der Waals surface area contributed by atoms with Gasteiger partial charge in [-0.3, -0.25) is 4.90 Å². The molecule has 0 N–H and O–H groups in total. The van der Waals surface area contributed by atoms with Gasteiger partial charge in [-0.15, -0.1) is 11.3 Å². The predicted octanol–water partition coefficient (Wildman–Crippen LogP) is 2.60. The average Bonchev–Trinajstić information content (AvgIpc) is 3.03. The van der Waals surface area contributed by atoms with Crippen molar-refractivity contribution < 1.29 is 9.47 Å². The van der Waals surface area contributed by atoms with Gasteiger partial charge in [0.25, 0.3) is 0 Å². The van der Waals surface area contributed by atoms with Crippen LogP contribution < -0.4 is 4.74 Å². The van der Waals surface area contributed by atoms with Crippen molar-refractivity contribution in [1.29, 1.82) is 0 Å². The molecule has 0 bridgehead atoms. The molecule has 1 aromatic heterocycles. The van der Waals surface area contributed by atoms with E-state index in [-0.39, 0.29) is 6.10 Å². The summed E-state index contributed by atoms with van der Waals surface area (Å²) in [5.41, 5.74) is 0. The summed E-state index contributed by atoms with van der Waals surface area (Å²) < 4.78 is 11.5. The summed E-state index contributed by atoms with van der Waals surface area (Å²) in [6.45, 7) is 4.23. The Labute approximate surface area is 123 Å². The normalized spacial score (nSPS) is 19.9. The zero-order chi connectivity index (χ0) is 13.6. The van der Waals surface area contributed by atoms with Gasteiger partial charge in [-0.2, -0.15) is 0 Å². The fourth-order valence-electron chi connectivity index (χ4n) is 2.26. The molecule has 4 nitrogen and oxygen atoms in total. The molecule has 0 spiro atoms. The van der Waals surface area contributed by atoms with Crippen molar-refractivity contribution >= 4 is 11.3 Å². The van der Waals surface area contributed by atoms with Crippen molar-refractivity contribution in [3.63, 3.8) is 0 Å². The molecule has 1 atom stereocenters. The van der Waals surface area contributed by atoms with Gasteiger partial charge >= 0.3 is 0 Å². The quantitative estimate of drug-likeness (QED) is 0.848. The lowest BCUT2D eigenvalue weighted by Crippen LogP contribution is -2.40. The highest BCUT2D eigenvalue weighted by atomic mass is 32.1. The average molecular weight is 290 g/mol. The number of hydrogen-bond acceptors (Lipinski definition) is 5. The molecule has 2 aromatic rings. The van der Waals surface area contributed by atoms with Crippen LogP contribution in [0.1, 0.15) is 11.1 Å². The second-order valence-corrected chi connectivity index (χ2v) is 5.62. The van der Waals surface area contributed by atoms with Gasteiger partial charge < -0.3 is 9.47 Å². The zero-order valence-electron chi connectivity index (χ0n) is 11.3. The largest absolute Gasteiger partial charge is 0.492 e. The molecule has 1 aliphatic rings. The third kappa shape index (κ3) is 3.56. The van der Waals surface area contributed by atoms with Crippen LogP contribution >= 0.6 is 11.3 Å². The molecule has 0 unspecified atom stereocenters. The molecule has 1 fully saturated rings. The van der Waals surface area contributed by atoms with Gasteiger partial charge in [0.15, 0.2) is 0 Å². The fraction of sp³-hybridized carbons (Fsp3) is 0.400. The lowest BCUT2D eigenvalue weighted by Gasteiger charge is -2.31. The van der Waals surface area contributed by atoms with Gasteiger partial charge in [-0.1, -0.05) is 18.2 Å². The number of para-hydroxylation sites is 1. The summed E-state index contributed by atoms with van der Waals surface area (Å²) in [4.78, 5) is 6.71. The second-order valence-electron chi connectivity index (χ2n) is 4.69. The molecule has 1 aliphatic heterocycles. The van der Waals surface area contributed by atoms with Gasteiger partial charge in [-0.05, 0) is 12.1 Å². The Morgan fingerprint density at radius 2 is 2.25 bits per heavy atom. The molecular weight excluding hydrogens is 272 g/mol. The lowest BCUT2D eigenvalue weighted by atomic mass is 10.3. The Hall–Kier alpha value is -1.43. The Morgan fingerprint density at radius 1 is 1.35 bits per heavy atom. The SMILES string of the molecule is c1ccc(OCCN2CCO[C@@H](c3nccs3)C2)cc1. The number of hydrogen-bond donors (Lipinski definition) is 0. The molecule has 0 radical (unpaired) electrons. The molecule has 0 amide bonds. The summed E-state index contributed by atoms with van der Waals surface area (Å²) in [6.07, 6.45) is 1.95. The van der Waals surface area contributed by atoms with E-state index in [1.807, 2.05) is 41.9 Å². The Bertz CT molecular complexity index is 504. The smallest absolute Gasteiger partial charge is 0.123 e. The van der Waals surface area contributed by atoms with E-state index in [4.69, 9.17) is 9.47 Å². The van der Waals surface area contributed by atoms with Crippen LogP contribution in [0, 0.1) is 0 Å². The number of ether oxygens (including phenoxy) is 2. The number of morpholine rings is 1. The van der Waals surface area contributed by atoms with Gasteiger partial charge in [0.05, 0.1) is 6.61 Å². The Balaban J connectivity index is 1.46. The predicted molar refractivity (Wildman–Crippen MR) is 79.2 cm³/mol. The van der Waals surface area contributed by atoms with Crippen LogP contribution in [0.2, 0.25) is 0 Å². The van der Waals surface area contributed by atoms with Crippen molar-refractivity contribution in [1.82, 2.24) is 9.88 Å². The van der Waals surface area contributed by atoms with Crippen molar-refractivity contribution in [2.45, 2.75) is 6.10 Å². The highest BCUT2D eigenvalue weighted by Crippen LogP contribution is 2.23. The maximum absolute atomic E-state index is 5.78. The van der Waals surface area contributed by atoms with E-state index in [1.165, 1.54) is 0 Å². The van der Waals surface area contributed by atoms with E-state index in [0.29, 0.717) is 6.61 Å². The van der Waals surface area contributed by atoms with E-state index in [9.17, 15) is 0 Å². The van der Waals surface area contributed by atoms with Gasteiger partial charge in [-0.25, -0.2) is 4.98 Å². The molecule has 1 saturated heterocycles. The van der Waals surface area contributed by atoms with Gasteiger partial charge in [0.2, 0.25) is 0 Å². The van der Waals surface area contributed by atoms with Crippen LogP contribution in [0.3, 0.4) is 0 Å². The van der Waals surface area contributed by atoms with E-state index >= 15 is 0 Å². The standard InChI is InChI=1S/C15H18N2O2S/c1-2-4-13(5-3-1)18-9-7-17-8-10-19-14(12-17)15-16-6-11-20-15/h1-6,11,14H,7-10,12H2/t14-/m1/s1. The maximum Gasteiger partial charge on any atom is 0.123 e. The van der Waals surface area contributed by atoms with Crippen molar-refractivity contribution in [2.24, 2.45) is 0 Å². The molecule has 3 rings (SSSR count). The molecule has 1 aromatic carbocycles. The number of aromatic nitrogens is 1. The molecular formula is C15H18N2O2S. The maximum atomic E-state index is 5.78. The highest BCUT2D eigenvalue weighted by Gasteiger charge is 2.23.